The quantitative estimate of drug-likeness (QED) is 0.657. The normalized spacial score (nSPS) is 13.5. The van der Waals surface area contributed by atoms with E-state index in [9.17, 15) is 0 Å². The van der Waals surface area contributed by atoms with Gasteiger partial charge in [-0.1, -0.05) is 15.9 Å². The summed E-state index contributed by atoms with van der Waals surface area (Å²) in [7, 11) is 0. The number of fused-ring (bicyclic) bond motifs is 1. The van der Waals surface area contributed by atoms with Crippen molar-refractivity contribution in [1.82, 2.24) is 0 Å². The number of aliphatic imine (C=N–C) groups is 1. The first kappa shape index (κ1) is 6.85. The average molecular weight is 211 g/mol. The first-order valence-corrected chi connectivity index (χ1v) is 4.17. The summed E-state index contributed by atoms with van der Waals surface area (Å²) < 4.78 is 1.06. The molecule has 0 unspecified atom stereocenters. The average Bonchev–Trinajstić information content (AvgIpc) is 2.34. The lowest BCUT2D eigenvalue weighted by Gasteiger charge is -2.01. The summed E-state index contributed by atoms with van der Waals surface area (Å²) in [4.78, 5) is 4.19. The lowest BCUT2D eigenvalue weighted by Crippen LogP contribution is -1.87. The third-order valence-electron chi connectivity index (χ3n) is 1.72. The van der Waals surface area contributed by atoms with Crippen molar-refractivity contribution in [3.05, 3.63) is 22.2 Å². The Morgan fingerprint density at radius 1 is 1.45 bits per heavy atom. The monoisotopic (exact) mass is 210 g/mol. The van der Waals surface area contributed by atoms with E-state index in [0.29, 0.717) is 0 Å². The van der Waals surface area contributed by atoms with E-state index in [0.717, 1.165) is 22.3 Å². The van der Waals surface area contributed by atoms with Gasteiger partial charge in [0.25, 0.3) is 0 Å². The zero-order valence-electron chi connectivity index (χ0n) is 5.84. The van der Waals surface area contributed by atoms with E-state index in [-0.39, 0.29) is 0 Å². The Hall–Kier alpha value is -0.830. The molecule has 2 rings (SSSR count). The number of hydrogen-bond donors (Lipinski definition) is 1. The molecule has 0 bridgehead atoms. The molecule has 0 aromatic heterocycles. The van der Waals surface area contributed by atoms with Gasteiger partial charge in [-0.25, -0.2) is 0 Å². The van der Waals surface area contributed by atoms with Crippen molar-refractivity contribution in [3.8, 4) is 0 Å². The van der Waals surface area contributed by atoms with Crippen LogP contribution in [-0.2, 0) is 6.42 Å². The standard InChI is InChI=1S/C8H7BrN2/c9-7-3-5(10)4-8-6(7)1-2-11-8/h2-4H,1,10H2. The molecule has 0 spiro atoms. The van der Waals surface area contributed by atoms with Crippen molar-refractivity contribution in [1.29, 1.82) is 0 Å². The maximum atomic E-state index is 5.63. The van der Waals surface area contributed by atoms with Gasteiger partial charge in [-0.15, -0.1) is 0 Å². The SMILES string of the molecule is Nc1cc(Br)c2c(c1)N=CC2. The molecule has 2 nitrogen and oxygen atoms in total. The summed E-state index contributed by atoms with van der Waals surface area (Å²) in [6, 6.07) is 3.80. The second kappa shape index (κ2) is 2.34. The van der Waals surface area contributed by atoms with Crippen LogP contribution in [0, 0.1) is 0 Å². The molecule has 0 fully saturated rings. The number of benzene rings is 1. The third kappa shape index (κ3) is 1.05. The van der Waals surface area contributed by atoms with Crippen LogP contribution >= 0.6 is 15.9 Å². The molecule has 3 heteroatoms. The number of rotatable bonds is 0. The predicted octanol–water partition coefficient (Wildman–Crippen LogP) is 2.29. The number of anilines is 1. The third-order valence-corrected chi connectivity index (χ3v) is 2.43. The maximum Gasteiger partial charge on any atom is 0.0693 e. The van der Waals surface area contributed by atoms with Gasteiger partial charge in [-0.2, -0.15) is 0 Å². The minimum absolute atomic E-state index is 0.759. The topological polar surface area (TPSA) is 38.4 Å². The maximum absolute atomic E-state index is 5.63. The first-order valence-electron chi connectivity index (χ1n) is 3.38. The van der Waals surface area contributed by atoms with Gasteiger partial charge in [-0.05, 0) is 17.7 Å². The van der Waals surface area contributed by atoms with Crippen molar-refractivity contribution in [2.75, 3.05) is 5.73 Å². The Morgan fingerprint density at radius 3 is 3.09 bits per heavy atom. The molecule has 0 radical (unpaired) electrons. The fourth-order valence-electron chi connectivity index (χ4n) is 1.19. The highest BCUT2D eigenvalue weighted by atomic mass is 79.9. The molecule has 1 aromatic carbocycles. The summed E-state index contributed by atoms with van der Waals surface area (Å²) in [5.74, 6) is 0. The lowest BCUT2D eigenvalue weighted by molar-refractivity contribution is 1.38. The van der Waals surface area contributed by atoms with Crippen molar-refractivity contribution in [3.63, 3.8) is 0 Å². The Balaban J connectivity index is 2.66. The van der Waals surface area contributed by atoms with E-state index in [2.05, 4.69) is 20.9 Å². The minimum Gasteiger partial charge on any atom is -0.399 e. The van der Waals surface area contributed by atoms with Gasteiger partial charge in [0.1, 0.15) is 0 Å². The van der Waals surface area contributed by atoms with Gasteiger partial charge in [-0.3, -0.25) is 4.99 Å². The van der Waals surface area contributed by atoms with Crippen LogP contribution in [0.1, 0.15) is 5.56 Å². The fourth-order valence-corrected chi connectivity index (χ4v) is 1.82. The number of hydrogen-bond acceptors (Lipinski definition) is 2. The Kier molecular flexibility index (Phi) is 1.46. The van der Waals surface area contributed by atoms with Gasteiger partial charge < -0.3 is 5.73 Å². The van der Waals surface area contributed by atoms with E-state index in [4.69, 9.17) is 5.73 Å². The molecule has 0 amide bonds. The largest absolute Gasteiger partial charge is 0.399 e. The zero-order chi connectivity index (χ0) is 7.84. The van der Waals surface area contributed by atoms with E-state index in [1.54, 1.807) is 0 Å². The van der Waals surface area contributed by atoms with Gasteiger partial charge >= 0.3 is 0 Å². The molecule has 11 heavy (non-hydrogen) atoms. The minimum atomic E-state index is 0.759. The molecule has 1 heterocycles. The van der Waals surface area contributed by atoms with Gasteiger partial charge in [0.05, 0.1) is 5.69 Å². The van der Waals surface area contributed by atoms with E-state index in [1.165, 1.54) is 5.56 Å². The molecule has 0 saturated heterocycles. The van der Waals surface area contributed by atoms with Crippen molar-refractivity contribution >= 4 is 33.5 Å². The summed E-state index contributed by atoms with van der Waals surface area (Å²) in [6.07, 6.45) is 2.81. The van der Waals surface area contributed by atoms with Crippen molar-refractivity contribution < 1.29 is 0 Å². The molecular formula is C8H7BrN2. The molecule has 0 aliphatic carbocycles. The van der Waals surface area contributed by atoms with Crippen LogP contribution in [0.3, 0.4) is 0 Å². The first-order chi connectivity index (χ1) is 5.27. The number of halogens is 1. The second-order valence-electron chi connectivity index (χ2n) is 2.52. The second-order valence-corrected chi connectivity index (χ2v) is 3.37. The predicted molar refractivity (Wildman–Crippen MR) is 50.4 cm³/mol. The van der Waals surface area contributed by atoms with Gasteiger partial charge in [0.15, 0.2) is 0 Å². The van der Waals surface area contributed by atoms with E-state index < -0.39 is 0 Å². The molecule has 0 atom stereocenters. The molecule has 1 aliphatic rings. The van der Waals surface area contributed by atoms with Crippen LogP contribution in [0.15, 0.2) is 21.6 Å². The van der Waals surface area contributed by atoms with Crippen LogP contribution in [0.25, 0.3) is 0 Å². The molecule has 0 saturated carbocycles. The zero-order valence-corrected chi connectivity index (χ0v) is 7.43. The molecule has 1 aliphatic heterocycles. The Labute approximate surface area is 73.3 Å². The van der Waals surface area contributed by atoms with Crippen LogP contribution in [0.4, 0.5) is 11.4 Å². The highest BCUT2D eigenvalue weighted by Gasteiger charge is 2.10. The molecular weight excluding hydrogens is 204 g/mol. The van der Waals surface area contributed by atoms with E-state index >= 15 is 0 Å². The number of nitrogens with two attached hydrogens (primary N) is 1. The Bertz CT molecular complexity index is 331. The summed E-state index contributed by atoms with van der Waals surface area (Å²) in [5, 5.41) is 0. The summed E-state index contributed by atoms with van der Waals surface area (Å²) >= 11 is 3.44. The van der Waals surface area contributed by atoms with Crippen molar-refractivity contribution in [2.45, 2.75) is 6.42 Å². The van der Waals surface area contributed by atoms with Gasteiger partial charge in [0.2, 0.25) is 0 Å². The molecule has 56 valence electrons. The fraction of sp³-hybridized carbons (Fsp3) is 0.125. The van der Waals surface area contributed by atoms with Crippen LogP contribution < -0.4 is 5.73 Å². The molecule has 2 N–H and O–H groups in total. The lowest BCUT2D eigenvalue weighted by atomic mass is 10.1. The van der Waals surface area contributed by atoms with Crippen LogP contribution in [0.2, 0.25) is 0 Å². The highest BCUT2D eigenvalue weighted by Crippen LogP contribution is 2.33. The van der Waals surface area contributed by atoms with Crippen LogP contribution in [-0.4, -0.2) is 6.21 Å². The number of nitrogens with zero attached hydrogens (tertiary/aromatic N) is 1. The van der Waals surface area contributed by atoms with Crippen molar-refractivity contribution in [2.24, 2.45) is 4.99 Å². The molecule has 1 aromatic rings. The highest BCUT2D eigenvalue weighted by molar-refractivity contribution is 9.10. The van der Waals surface area contributed by atoms with E-state index in [1.807, 2.05) is 18.3 Å². The smallest absolute Gasteiger partial charge is 0.0693 e. The summed E-state index contributed by atoms with van der Waals surface area (Å²) in [5.41, 5.74) is 8.62. The Morgan fingerprint density at radius 2 is 2.27 bits per heavy atom. The number of nitrogen functional groups attached to an aromatic ring is 1. The van der Waals surface area contributed by atoms with Gasteiger partial charge in [0, 0.05) is 22.8 Å². The van der Waals surface area contributed by atoms with Crippen LogP contribution in [0.5, 0.6) is 0 Å². The summed E-state index contributed by atoms with van der Waals surface area (Å²) in [6.45, 7) is 0.